The maximum absolute atomic E-state index is 13.2. The monoisotopic (exact) mass is 281 g/mol. The molecule has 0 aliphatic carbocycles. The van der Waals surface area contributed by atoms with Gasteiger partial charge in [-0.15, -0.1) is 0 Å². The number of rotatable bonds is 2. The molecule has 2 atom stereocenters. The Morgan fingerprint density at radius 3 is 2.40 bits per heavy atom. The molecular formula is C16H21F2NO. The summed E-state index contributed by atoms with van der Waals surface area (Å²) in [4.78, 5) is 2.32. The Hall–Kier alpha value is -1.00. The highest BCUT2D eigenvalue weighted by Crippen LogP contribution is 2.45. The van der Waals surface area contributed by atoms with Gasteiger partial charge in [-0.25, -0.2) is 8.78 Å². The predicted molar refractivity (Wildman–Crippen MR) is 73.7 cm³/mol. The van der Waals surface area contributed by atoms with Crippen LogP contribution in [-0.4, -0.2) is 29.1 Å². The molecule has 0 amide bonds. The SMILES string of the molecule is CN1C2CCCC1CC(O)(c1ccccc1C(F)F)C2. The molecule has 0 radical (unpaired) electrons. The number of benzene rings is 1. The van der Waals surface area contributed by atoms with Gasteiger partial charge in [0.25, 0.3) is 6.43 Å². The summed E-state index contributed by atoms with van der Waals surface area (Å²) >= 11 is 0. The molecule has 2 aliphatic rings. The van der Waals surface area contributed by atoms with Crippen molar-refractivity contribution in [3.8, 4) is 0 Å². The van der Waals surface area contributed by atoms with Crippen LogP contribution in [0.3, 0.4) is 0 Å². The molecule has 0 saturated carbocycles. The summed E-state index contributed by atoms with van der Waals surface area (Å²) in [5.74, 6) is 0. The number of hydrogen-bond acceptors (Lipinski definition) is 2. The van der Waals surface area contributed by atoms with Crippen molar-refractivity contribution in [2.24, 2.45) is 0 Å². The predicted octanol–water partition coefficient (Wildman–Crippen LogP) is 3.46. The fraction of sp³-hybridized carbons (Fsp3) is 0.625. The van der Waals surface area contributed by atoms with Crippen LogP contribution in [0, 0.1) is 0 Å². The van der Waals surface area contributed by atoms with Crippen molar-refractivity contribution in [1.82, 2.24) is 4.90 Å². The minimum absolute atomic E-state index is 0.0161. The van der Waals surface area contributed by atoms with Crippen LogP contribution in [0.4, 0.5) is 8.78 Å². The average Bonchev–Trinajstić information content (AvgIpc) is 2.41. The van der Waals surface area contributed by atoms with Gasteiger partial charge in [0, 0.05) is 17.6 Å². The van der Waals surface area contributed by atoms with Crippen LogP contribution in [0.5, 0.6) is 0 Å². The van der Waals surface area contributed by atoms with Crippen LogP contribution in [0.25, 0.3) is 0 Å². The third-order valence-corrected chi connectivity index (χ3v) is 5.07. The number of piperidine rings is 2. The van der Waals surface area contributed by atoms with Gasteiger partial charge >= 0.3 is 0 Å². The molecule has 2 fully saturated rings. The molecule has 2 saturated heterocycles. The Morgan fingerprint density at radius 1 is 1.20 bits per heavy atom. The minimum Gasteiger partial charge on any atom is -0.385 e. The number of halogens is 2. The lowest BCUT2D eigenvalue weighted by atomic mass is 9.72. The first-order valence-corrected chi connectivity index (χ1v) is 7.33. The van der Waals surface area contributed by atoms with E-state index in [1.807, 2.05) is 0 Å². The lowest BCUT2D eigenvalue weighted by Crippen LogP contribution is -2.55. The quantitative estimate of drug-likeness (QED) is 0.897. The van der Waals surface area contributed by atoms with E-state index in [4.69, 9.17) is 0 Å². The van der Waals surface area contributed by atoms with E-state index in [2.05, 4.69) is 11.9 Å². The first kappa shape index (κ1) is 14.0. The van der Waals surface area contributed by atoms with E-state index in [9.17, 15) is 13.9 Å². The van der Waals surface area contributed by atoms with Gasteiger partial charge < -0.3 is 10.0 Å². The zero-order valence-corrected chi connectivity index (χ0v) is 11.7. The molecular weight excluding hydrogens is 260 g/mol. The highest BCUT2D eigenvalue weighted by Gasteiger charge is 2.46. The van der Waals surface area contributed by atoms with E-state index in [1.165, 1.54) is 12.5 Å². The van der Waals surface area contributed by atoms with Crippen LogP contribution in [0.15, 0.2) is 24.3 Å². The second-order valence-corrected chi connectivity index (χ2v) is 6.23. The Kier molecular flexibility index (Phi) is 3.55. The van der Waals surface area contributed by atoms with Crippen LogP contribution in [0.1, 0.15) is 49.7 Å². The highest BCUT2D eigenvalue weighted by atomic mass is 19.3. The fourth-order valence-corrected chi connectivity index (χ4v) is 3.98. The molecule has 2 unspecified atom stereocenters. The number of alkyl halides is 2. The summed E-state index contributed by atoms with van der Waals surface area (Å²) in [6, 6.07) is 7.07. The molecule has 0 aromatic heterocycles. The first-order chi connectivity index (χ1) is 9.51. The average molecular weight is 281 g/mol. The zero-order valence-electron chi connectivity index (χ0n) is 11.7. The Morgan fingerprint density at radius 2 is 1.80 bits per heavy atom. The van der Waals surface area contributed by atoms with Crippen LogP contribution in [-0.2, 0) is 5.60 Å². The van der Waals surface area contributed by atoms with Crippen molar-refractivity contribution in [2.45, 2.75) is 56.2 Å². The van der Waals surface area contributed by atoms with E-state index >= 15 is 0 Å². The van der Waals surface area contributed by atoms with Crippen molar-refractivity contribution in [1.29, 1.82) is 0 Å². The standard InChI is InChI=1S/C16H21F2NO/c1-19-11-5-4-6-12(19)10-16(20,9-11)14-8-3-2-7-13(14)15(17)18/h2-3,7-8,11-12,15,20H,4-6,9-10H2,1H3. The molecule has 3 rings (SSSR count). The molecule has 0 spiro atoms. The molecule has 110 valence electrons. The molecule has 1 aromatic carbocycles. The van der Waals surface area contributed by atoms with Gasteiger partial charge in [0.15, 0.2) is 0 Å². The summed E-state index contributed by atoms with van der Waals surface area (Å²) < 4.78 is 26.4. The van der Waals surface area contributed by atoms with Crippen LogP contribution < -0.4 is 0 Å². The Bertz CT molecular complexity index is 477. The molecule has 2 aliphatic heterocycles. The third kappa shape index (κ3) is 2.25. The van der Waals surface area contributed by atoms with Gasteiger partial charge in [-0.05, 0) is 38.3 Å². The fourth-order valence-electron chi connectivity index (χ4n) is 3.98. The molecule has 1 aromatic rings. The maximum Gasteiger partial charge on any atom is 0.264 e. The second kappa shape index (κ2) is 5.08. The number of aliphatic hydroxyl groups is 1. The van der Waals surface area contributed by atoms with Crippen molar-refractivity contribution < 1.29 is 13.9 Å². The lowest BCUT2D eigenvalue weighted by molar-refractivity contribution is -0.0890. The van der Waals surface area contributed by atoms with E-state index in [1.54, 1.807) is 18.2 Å². The normalized spacial score (nSPS) is 34.5. The topological polar surface area (TPSA) is 23.5 Å². The first-order valence-electron chi connectivity index (χ1n) is 7.33. The van der Waals surface area contributed by atoms with Crippen molar-refractivity contribution >= 4 is 0 Å². The minimum atomic E-state index is -2.53. The summed E-state index contributed by atoms with van der Waals surface area (Å²) in [5, 5.41) is 11.0. The van der Waals surface area contributed by atoms with E-state index in [0.29, 0.717) is 30.5 Å². The summed E-state index contributed by atoms with van der Waals surface area (Å²) in [7, 11) is 2.09. The number of nitrogens with zero attached hydrogens (tertiary/aromatic N) is 1. The van der Waals surface area contributed by atoms with E-state index in [-0.39, 0.29) is 5.56 Å². The van der Waals surface area contributed by atoms with E-state index in [0.717, 1.165) is 12.8 Å². The largest absolute Gasteiger partial charge is 0.385 e. The molecule has 20 heavy (non-hydrogen) atoms. The number of fused-ring (bicyclic) bond motifs is 2. The second-order valence-electron chi connectivity index (χ2n) is 6.23. The van der Waals surface area contributed by atoms with Crippen LogP contribution in [0.2, 0.25) is 0 Å². The molecule has 2 bridgehead atoms. The van der Waals surface area contributed by atoms with Crippen molar-refractivity contribution in [2.75, 3.05) is 7.05 Å². The van der Waals surface area contributed by atoms with Crippen molar-refractivity contribution in [3.05, 3.63) is 35.4 Å². The molecule has 1 N–H and O–H groups in total. The maximum atomic E-state index is 13.2. The van der Waals surface area contributed by atoms with Gasteiger partial charge in [0.2, 0.25) is 0 Å². The molecule has 2 heterocycles. The highest BCUT2D eigenvalue weighted by molar-refractivity contribution is 5.34. The van der Waals surface area contributed by atoms with Gasteiger partial charge in [0.05, 0.1) is 5.60 Å². The number of hydrogen-bond donors (Lipinski definition) is 1. The van der Waals surface area contributed by atoms with E-state index < -0.39 is 12.0 Å². The van der Waals surface area contributed by atoms with Gasteiger partial charge in [-0.2, -0.15) is 0 Å². The molecule has 2 nitrogen and oxygen atoms in total. The van der Waals surface area contributed by atoms with Crippen LogP contribution >= 0.6 is 0 Å². The van der Waals surface area contributed by atoms with Gasteiger partial charge in [-0.1, -0.05) is 30.7 Å². The third-order valence-electron chi connectivity index (χ3n) is 5.07. The Labute approximate surface area is 118 Å². The summed E-state index contributed by atoms with van der Waals surface area (Å²) in [6.45, 7) is 0. The van der Waals surface area contributed by atoms with Gasteiger partial charge in [0.1, 0.15) is 0 Å². The molecule has 4 heteroatoms. The summed E-state index contributed by atoms with van der Waals surface area (Å²) in [5.41, 5.74) is -0.687. The smallest absolute Gasteiger partial charge is 0.264 e. The zero-order chi connectivity index (χ0) is 14.3. The summed E-state index contributed by atoms with van der Waals surface area (Å²) in [6.07, 6.45) is 1.85. The van der Waals surface area contributed by atoms with Crippen molar-refractivity contribution in [3.63, 3.8) is 0 Å². The van der Waals surface area contributed by atoms with Gasteiger partial charge in [-0.3, -0.25) is 0 Å². The lowest BCUT2D eigenvalue weighted by Gasteiger charge is -2.51. The Balaban J connectivity index is 1.97.